The molecule has 0 saturated carbocycles. The second-order valence-corrected chi connectivity index (χ2v) is 7.57. The van der Waals surface area contributed by atoms with Gasteiger partial charge in [0.2, 0.25) is 0 Å². The molecular weight excluding hydrogens is 364 g/mol. The molecule has 3 nitrogen and oxygen atoms in total. The number of benzene rings is 3. The molecule has 3 aromatic carbocycles. The fourth-order valence-corrected chi connectivity index (χ4v) is 4.05. The fraction of sp³-hybridized carbons (Fsp3) is 0.0833. The lowest BCUT2D eigenvalue weighted by Crippen LogP contribution is -2.16. The van der Waals surface area contributed by atoms with Gasteiger partial charge in [-0.2, -0.15) is 4.99 Å². The van der Waals surface area contributed by atoms with Crippen molar-refractivity contribution < 1.29 is 4.79 Å². The summed E-state index contributed by atoms with van der Waals surface area (Å²) in [5, 5.41) is 2.06. The van der Waals surface area contributed by atoms with Crippen molar-refractivity contribution in [2.24, 2.45) is 4.99 Å². The molecule has 0 unspecified atom stereocenters. The van der Waals surface area contributed by atoms with Crippen LogP contribution < -0.4 is 4.80 Å². The molecule has 0 radical (unpaired) electrons. The molecule has 4 rings (SSSR count). The number of carbonyl (C=O) groups is 1. The normalized spacial score (nSPS) is 11.6. The van der Waals surface area contributed by atoms with E-state index in [0.29, 0.717) is 10.4 Å². The van der Waals surface area contributed by atoms with Gasteiger partial charge in [0.25, 0.3) is 5.91 Å². The van der Waals surface area contributed by atoms with E-state index in [4.69, 9.17) is 0 Å². The van der Waals surface area contributed by atoms with E-state index in [-0.39, 0.29) is 5.91 Å². The lowest BCUT2D eigenvalue weighted by Gasteiger charge is -2.10. The molecule has 0 spiro atoms. The van der Waals surface area contributed by atoms with Gasteiger partial charge in [-0.05, 0) is 49.2 Å². The Bertz CT molecular complexity index is 1200. The molecule has 0 aliphatic carbocycles. The molecule has 28 heavy (non-hydrogen) atoms. The molecule has 1 amide bonds. The molecular formula is C24H20N2OS. The molecule has 0 saturated heterocycles. The number of aryl methyl sites for hydroxylation is 2. The number of carbonyl (C=O) groups excluding carboxylic acids is 1. The van der Waals surface area contributed by atoms with Crippen LogP contribution in [-0.4, -0.2) is 10.5 Å². The van der Waals surface area contributed by atoms with Crippen molar-refractivity contribution in [3.05, 3.63) is 106 Å². The first-order valence-electron chi connectivity index (χ1n) is 9.10. The van der Waals surface area contributed by atoms with Crippen molar-refractivity contribution in [1.29, 1.82) is 0 Å². The number of hydrogen-bond acceptors (Lipinski definition) is 2. The van der Waals surface area contributed by atoms with E-state index in [2.05, 4.69) is 46.1 Å². The molecule has 0 aliphatic rings. The topological polar surface area (TPSA) is 34.4 Å². The Hall–Kier alpha value is -3.24. The Morgan fingerprint density at radius 1 is 0.857 bits per heavy atom. The van der Waals surface area contributed by atoms with E-state index in [1.54, 1.807) is 0 Å². The van der Waals surface area contributed by atoms with E-state index in [9.17, 15) is 4.79 Å². The van der Waals surface area contributed by atoms with Crippen LogP contribution in [0.15, 0.2) is 89.2 Å². The van der Waals surface area contributed by atoms with Crippen molar-refractivity contribution in [3.8, 4) is 16.9 Å². The van der Waals surface area contributed by atoms with Crippen LogP contribution in [0.25, 0.3) is 16.9 Å². The molecule has 0 bridgehead atoms. The summed E-state index contributed by atoms with van der Waals surface area (Å²) in [4.78, 5) is 17.9. The van der Waals surface area contributed by atoms with Gasteiger partial charge in [0.05, 0.1) is 5.69 Å². The maximum atomic E-state index is 12.8. The second kappa shape index (κ2) is 7.79. The number of amides is 1. The molecule has 4 heteroatoms. The third kappa shape index (κ3) is 3.73. The Balaban J connectivity index is 1.91. The Labute approximate surface area is 168 Å². The van der Waals surface area contributed by atoms with Crippen LogP contribution in [0.4, 0.5) is 0 Å². The van der Waals surface area contributed by atoms with Gasteiger partial charge in [-0.3, -0.25) is 9.36 Å². The zero-order valence-electron chi connectivity index (χ0n) is 15.8. The van der Waals surface area contributed by atoms with E-state index in [0.717, 1.165) is 28.1 Å². The maximum Gasteiger partial charge on any atom is 0.279 e. The molecule has 0 aliphatic heterocycles. The molecule has 0 N–H and O–H groups in total. The van der Waals surface area contributed by atoms with Gasteiger partial charge in [-0.15, -0.1) is 11.3 Å². The highest BCUT2D eigenvalue weighted by atomic mass is 32.1. The molecule has 4 aromatic rings. The van der Waals surface area contributed by atoms with Crippen LogP contribution >= 0.6 is 11.3 Å². The fourth-order valence-electron chi connectivity index (χ4n) is 3.15. The molecule has 1 aromatic heterocycles. The van der Waals surface area contributed by atoms with Crippen LogP contribution in [0.5, 0.6) is 0 Å². The standard InChI is InChI=1S/C24H20N2OS/c1-17-8-6-12-20(14-17)23(27)25-24-26(21-13-7-9-18(2)15-21)22(16-28-24)19-10-4-3-5-11-19/h3-16H,1-2H3. The first-order chi connectivity index (χ1) is 13.6. The average molecular weight is 385 g/mol. The first-order valence-corrected chi connectivity index (χ1v) is 9.98. The van der Waals surface area contributed by atoms with Gasteiger partial charge in [0, 0.05) is 16.6 Å². The zero-order chi connectivity index (χ0) is 19.5. The largest absolute Gasteiger partial charge is 0.285 e. The summed E-state index contributed by atoms with van der Waals surface area (Å²) in [7, 11) is 0. The summed E-state index contributed by atoms with van der Waals surface area (Å²) in [5.74, 6) is -0.230. The predicted octanol–water partition coefficient (Wildman–Crippen LogP) is 5.56. The van der Waals surface area contributed by atoms with Crippen LogP contribution in [0.1, 0.15) is 21.5 Å². The van der Waals surface area contributed by atoms with Gasteiger partial charge in [-0.1, -0.05) is 60.2 Å². The summed E-state index contributed by atoms with van der Waals surface area (Å²) in [6, 6.07) is 25.9. The maximum absolute atomic E-state index is 12.8. The van der Waals surface area contributed by atoms with E-state index in [1.165, 1.54) is 11.3 Å². The van der Waals surface area contributed by atoms with Crippen molar-refractivity contribution in [3.63, 3.8) is 0 Å². The van der Waals surface area contributed by atoms with Crippen LogP contribution in [0, 0.1) is 13.8 Å². The van der Waals surface area contributed by atoms with Gasteiger partial charge in [-0.25, -0.2) is 0 Å². The van der Waals surface area contributed by atoms with Crippen molar-refractivity contribution in [2.45, 2.75) is 13.8 Å². The number of hydrogen-bond donors (Lipinski definition) is 0. The summed E-state index contributed by atoms with van der Waals surface area (Å²) >= 11 is 1.47. The van der Waals surface area contributed by atoms with Crippen molar-refractivity contribution >= 4 is 17.2 Å². The minimum atomic E-state index is -0.230. The molecule has 0 atom stereocenters. The van der Waals surface area contributed by atoms with E-state index >= 15 is 0 Å². The predicted molar refractivity (Wildman–Crippen MR) is 115 cm³/mol. The average Bonchev–Trinajstić information content (AvgIpc) is 3.12. The SMILES string of the molecule is Cc1cccc(C(=O)N=c2scc(-c3ccccc3)n2-c2cccc(C)c2)c1. The van der Waals surface area contributed by atoms with Gasteiger partial charge in [0.1, 0.15) is 0 Å². The number of thiazole rings is 1. The number of aromatic nitrogens is 1. The summed E-state index contributed by atoms with van der Waals surface area (Å²) in [6.07, 6.45) is 0. The molecule has 138 valence electrons. The summed E-state index contributed by atoms with van der Waals surface area (Å²) in [5.41, 5.74) is 5.91. The van der Waals surface area contributed by atoms with E-state index in [1.807, 2.05) is 61.5 Å². The highest BCUT2D eigenvalue weighted by Gasteiger charge is 2.12. The minimum absolute atomic E-state index is 0.230. The zero-order valence-corrected chi connectivity index (χ0v) is 16.6. The first kappa shape index (κ1) is 18.1. The third-order valence-electron chi connectivity index (χ3n) is 4.50. The number of rotatable bonds is 3. The van der Waals surface area contributed by atoms with Gasteiger partial charge >= 0.3 is 0 Å². The van der Waals surface area contributed by atoms with Crippen LogP contribution in [-0.2, 0) is 0 Å². The van der Waals surface area contributed by atoms with Crippen LogP contribution in [0.3, 0.4) is 0 Å². The van der Waals surface area contributed by atoms with Crippen molar-refractivity contribution in [2.75, 3.05) is 0 Å². The highest BCUT2D eigenvalue weighted by Crippen LogP contribution is 2.23. The monoisotopic (exact) mass is 384 g/mol. The summed E-state index contributed by atoms with van der Waals surface area (Å²) < 4.78 is 2.06. The lowest BCUT2D eigenvalue weighted by molar-refractivity contribution is 0.0998. The minimum Gasteiger partial charge on any atom is -0.285 e. The van der Waals surface area contributed by atoms with Crippen molar-refractivity contribution in [1.82, 2.24) is 4.57 Å². The quantitative estimate of drug-likeness (QED) is 0.455. The number of nitrogens with zero attached hydrogens (tertiary/aromatic N) is 2. The lowest BCUT2D eigenvalue weighted by atomic mass is 10.1. The molecule has 1 heterocycles. The Kier molecular flexibility index (Phi) is 5.04. The van der Waals surface area contributed by atoms with Gasteiger partial charge in [0.15, 0.2) is 4.80 Å². The Morgan fingerprint density at radius 2 is 1.57 bits per heavy atom. The third-order valence-corrected chi connectivity index (χ3v) is 5.33. The van der Waals surface area contributed by atoms with E-state index < -0.39 is 0 Å². The Morgan fingerprint density at radius 3 is 2.29 bits per heavy atom. The van der Waals surface area contributed by atoms with Gasteiger partial charge < -0.3 is 0 Å². The highest BCUT2D eigenvalue weighted by molar-refractivity contribution is 7.07. The molecule has 0 fully saturated rings. The second-order valence-electron chi connectivity index (χ2n) is 6.73. The van der Waals surface area contributed by atoms with Crippen LogP contribution in [0.2, 0.25) is 0 Å². The smallest absolute Gasteiger partial charge is 0.279 e. The summed E-state index contributed by atoms with van der Waals surface area (Å²) in [6.45, 7) is 4.04.